The van der Waals surface area contributed by atoms with Crippen LogP contribution in [-0.2, 0) is 23.8 Å². The Balaban J connectivity index is 1.30. The first-order chi connectivity index (χ1) is 15.8. The Bertz CT molecular complexity index is 1350. The van der Waals surface area contributed by atoms with Crippen molar-refractivity contribution in [3.8, 4) is 16.9 Å². The van der Waals surface area contributed by atoms with Crippen molar-refractivity contribution in [2.45, 2.75) is 19.3 Å². The van der Waals surface area contributed by atoms with E-state index in [2.05, 4.69) is 15.4 Å². The minimum absolute atomic E-state index is 0.140. The number of halogens is 3. The fourth-order valence-electron chi connectivity index (χ4n) is 3.70. The first-order valence-corrected chi connectivity index (χ1v) is 11.7. The molecule has 1 atom stereocenters. The molecule has 5 rings (SSSR count). The summed E-state index contributed by atoms with van der Waals surface area (Å²) in [6.07, 6.45) is -2.72. The van der Waals surface area contributed by atoms with E-state index < -0.39 is 19.3 Å². The standard InChI is InChI=1S/C23H18F3N4O2P/c24-23(25,26)17-11-9-16(10-12-17)14-30-15-18(28-29-30)13-27-33(31)22-8-4-2-6-20(22)19-5-1-3-7-21(19)32-33/h1-12,15H,13-14H2,(H,27,31). The highest BCUT2D eigenvalue weighted by atomic mass is 31.2. The van der Waals surface area contributed by atoms with Crippen molar-refractivity contribution in [2.75, 3.05) is 0 Å². The largest absolute Gasteiger partial charge is 0.429 e. The van der Waals surface area contributed by atoms with Gasteiger partial charge in [-0.05, 0) is 29.8 Å². The predicted molar refractivity (Wildman–Crippen MR) is 117 cm³/mol. The van der Waals surface area contributed by atoms with Crippen molar-refractivity contribution < 1.29 is 22.3 Å². The van der Waals surface area contributed by atoms with Gasteiger partial charge < -0.3 is 4.52 Å². The number of rotatable bonds is 5. The minimum Gasteiger partial charge on any atom is -0.429 e. The second kappa shape index (κ2) is 8.17. The SMILES string of the molecule is O=P1(NCc2cn(Cc3ccc(C(F)(F)F)cc3)nn2)Oc2ccccc2-c2ccccc21. The molecule has 10 heteroatoms. The van der Waals surface area contributed by atoms with E-state index >= 15 is 0 Å². The Labute approximate surface area is 187 Å². The maximum atomic E-state index is 13.7. The van der Waals surface area contributed by atoms with Gasteiger partial charge in [0.1, 0.15) is 5.75 Å². The van der Waals surface area contributed by atoms with E-state index in [4.69, 9.17) is 4.52 Å². The summed E-state index contributed by atoms with van der Waals surface area (Å²) >= 11 is 0. The zero-order valence-corrected chi connectivity index (χ0v) is 18.1. The number of hydrogen-bond donors (Lipinski definition) is 1. The topological polar surface area (TPSA) is 69.0 Å². The summed E-state index contributed by atoms with van der Waals surface area (Å²) in [7, 11) is -3.41. The van der Waals surface area contributed by atoms with Gasteiger partial charge in [0.25, 0.3) is 0 Å². The van der Waals surface area contributed by atoms with Crippen LogP contribution in [0.2, 0.25) is 0 Å². The van der Waals surface area contributed by atoms with Gasteiger partial charge in [-0.1, -0.05) is 53.7 Å². The first-order valence-electron chi connectivity index (χ1n) is 10.1. The van der Waals surface area contributed by atoms with Crippen LogP contribution in [-0.4, -0.2) is 15.0 Å². The molecule has 3 aromatic carbocycles. The summed E-state index contributed by atoms with van der Waals surface area (Å²) < 4.78 is 59.3. The van der Waals surface area contributed by atoms with E-state index in [1.165, 1.54) is 16.8 Å². The van der Waals surface area contributed by atoms with E-state index in [1.54, 1.807) is 18.3 Å². The lowest BCUT2D eigenvalue weighted by molar-refractivity contribution is -0.137. The van der Waals surface area contributed by atoms with Crippen LogP contribution in [0.1, 0.15) is 16.8 Å². The van der Waals surface area contributed by atoms with Gasteiger partial charge in [0, 0.05) is 11.1 Å². The minimum atomic E-state index is -4.37. The molecule has 33 heavy (non-hydrogen) atoms. The van der Waals surface area contributed by atoms with E-state index in [0.29, 0.717) is 22.3 Å². The molecule has 0 radical (unpaired) electrons. The Kier molecular flexibility index (Phi) is 5.31. The molecule has 1 N–H and O–H groups in total. The van der Waals surface area contributed by atoms with Gasteiger partial charge in [-0.25, -0.2) is 9.77 Å². The monoisotopic (exact) mass is 470 g/mol. The summed E-state index contributed by atoms with van der Waals surface area (Å²) in [6.45, 7) is 0.399. The van der Waals surface area contributed by atoms with Crippen molar-refractivity contribution >= 4 is 12.8 Å². The molecule has 0 amide bonds. The molecule has 2 heterocycles. The van der Waals surface area contributed by atoms with E-state index in [-0.39, 0.29) is 13.1 Å². The Morgan fingerprint density at radius 2 is 1.64 bits per heavy atom. The van der Waals surface area contributed by atoms with Gasteiger partial charge in [0.15, 0.2) is 0 Å². The number of alkyl halides is 3. The van der Waals surface area contributed by atoms with Crippen molar-refractivity contribution in [2.24, 2.45) is 0 Å². The third-order valence-corrected chi connectivity index (χ3v) is 7.36. The number of nitrogens with one attached hydrogen (secondary N) is 1. The van der Waals surface area contributed by atoms with E-state index in [1.807, 2.05) is 36.4 Å². The molecule has 0 bridgehead atoms. The number of hydrogen-bond acceptors (Lipinski definition) is 4. The summed E-state index contributed by atoms with van der Waals surface area (Å²) in [5.74, 6) is 0.540. The van der Waals surface area contributed by atoms with Gasteiger partial charge in [-0.15, -0.1) is 5.10 Å². The van der Waals surface area contributed by atoms with E-state index in [0.717, 1.165) is 23.3 Å². The maximum absolute atomic E-state index is 13.7. The molecular formula is C23H18F3N4O2P. The lowest BCUT2D eigenvalue weighted by atomic mass is 10.0. The van der Waals surface area contributed by atoms with Gasteiger partial charge in [0.2, 0.25) is 0 Å². The molecule has 0 spiro atoms. The normalized spacial score (nSPS) is 17.2. The number of nitrogens with zero attached hydrogens (tertiary/aromatic N) is 3. The third kappa shape index (κ3) is 4.29. The van der Waals surface area contributed by atoms with Crippen molar-refractivity contribution in [3.05, 3.63) is 95.8 Å². The Hall–Kier alpha value is -3.42. The van der Waals surface area contributed by atoms with Crippen LogP contribution in [0.15, 0.2) is 79.0 Å². The molecule has 0 fully saturated rings. The third-order valence-electron chi connectivity index (χ3n) is 5.31. The van der Waals surface area contributed by atoms with Crippen molar-refractivity contribution in [1.29, 1.82) is 0 Å². The summed E-state index contributed by atoms with van der Waals surface area (Å²) in [6, 6.07) is 19.7. The zero-order chi connectivity index (χ0) is 23.1. The van der Waals surface area contributed by atoms with Gasteiger partial charge in [-0.3, -0.25) is 4.57 Å². The number of para-hydroxylation sites is 1. The van der Waals surface area contributed by atoms with Gasteiger partial charge >= 0.3 is 13.7 Å². The Morgan fingerprint density at radius 3 is 2.39 bits per heavy atom. The second-order valence-corrected chi connectivity index (χ2v) is 9.68. The molecule has 4 aromatic rings. The van der Waals surface area contributed by atoms with Crippen LogP contribution < -0.4 is 14.9 Å². The average molecular weight is 470 g/mol. The summed E-state index contributed by atoms with van der Waals surface area (Å²) in [4.78, 5) is 0. The molecule has 0 aliphatic carbocycles. The lowest BCUT2D eigenvalue weighted by Crippen LogP contribution is -2.27. The molecule has 1 aromatic heterocycles. The van der Waals surface area contributed by atoms with Crippen LogP contribution in [0.3, 0.4) is 0 Å². The molecule has 168 valence electrons. The van der Waals surface area contributed by atoms with Gasteiger partial charge in [0.05, 0.1) is 35.8 Å². The molecule has 0 saturated carbocycles. The van der Waals surface area contributed by atoms with Crippen LogP contribution in [0.25, 0.3) is 11.1 Å². The molecular weight excluding hydrogens is 452 g/mol. The predicted octanol–water partition coefficient (Wildman–Crippen LogP) is 5.01. The van der Waals surface area contributed by atoms with Crippen LogP contribution in [0.5, 0.6) is 5.75 Å². The van der Waals surface area contributed by atoms with Crippen molar-refractivity contribution in [3.63, 3.8) is 0 Å². The first kappa shape index (κ1) is 21.4. The lowest BCUT2D eigenvalue weighted by Gasteiger charge is -2.28. The molecule has 1 unspecified atom stereocenters. The highest BCUT2D eigenvalue weighted by Crippen LogP contribution is 2.51. The summed E-state index contributed by atoms with van der Waals surface area (Å²) in [5, 5.41) is 11.7. The van der Waals surface area contributed by atoms with Crippen LogP contribution >= 0.6 is 7.52 Å². The second-order valence-electron chi connectivity index (χ2n) is 7.59. The highest BCUT2D eigenvalue weighted by molar-refractivity contribution is 7.65. The van der Waals surface area contributed by atoms with Crippen molar-refractivity contribution in [1.82, 2.24) is 20.1 Å². The van der Waals surface area contributed by atoms with E-state index in [9.17, 15) is 17.7 Å². The molecule has 0 saturated heterocycles. The number of aromatic nitrogens is 3. The molecule has 6 nitrogen and oxygen atoms in total. The molecule has 1 aliphatic heterocycles. The highest BCUT2D eigenvalue weighted by Gasteiger charge is 2.35. The fraction of sp³-hybridized carbons (Fsp3) is 0.130. The zero-order valence-electron chi connectivity index (χ0n) is 17.2. The fourth-order valence-corrected chi connectivity index (χ4v) is 5.63. The Morgan fingerprint density at radius 1 is 0.939 bits per heavy atom. The summed E-state index contributed by atoms with van der Waals surface area (Å²) in [5.41, 5.74) is 2.21. The quantitative estimate of drug-likeness (QED) is 0.415. The van der Waals surface area contributed by atoms with Crippen LogP contribution in [0, 0.1) is 0 Å². The molecule has 1 aliphatic rings. The maximum Gasteiger partial charge on any atom is 0.416 e. The van der Waals surface area contributed by atoms with Crippen LogP contribution in [0.4, 0.5) is 13.2 Å². The van der Waals surface area contributed by atoms with Gasteiger partial charge in [-0.2, -0.15) is 13.2 Å². The smallest absolute Gasteiger partial charge is 0.416 e. The average Bonchev–Trinajstić information content (AvgIpc) is 3.25. The number of fused-ring (bicyclic) bond motifs is 3. The number of benzene rings is 3.